The van der Waals surface area contributed by atoms with Crippen LogP contribution in [0.5, 0.6) is 0 Å². The topological polar surface area (TPSA) is 62.4 Å². The number of nitrogens with one attached hydrogen (secondary N) is 3. The van der Waals surface area contributed by atoms with Gasteiger partial charge in [0.05, 0.1) is 13.2 Å². The highest BCUT2D eigenvalue weighted by Crippen LogP contribution is 2.02. The Morgan fingerprint density at radius 1 is 1.62 bits per heavy atom. The molecule has 0 aromatic heterocycles. The zero-order chi connectivity index (χ0) is 11.8. The van der Waals surface area contributed by atoms with Gasteiger partial charge in [-0.05, 0) is 13.3 Å². The smallest absolute Gasteiger partial charge is 0.221 e. The molecule has 1 amide bonds. The Morgan fingerprint density at radius 3 is 3.06 bits per heavy atom. The van der Waals surface area contributed by atoms with Crippen LogP contribution in [0.2, 0.25) is 0 Å². The van der Waals surface area contributed by atoms with Crippen molar-refractivity contribution in [1.82, 2.24) is 16.0 Å². The van der Waals surface area contributed by atoms with Gasteiger partial charge in [0.25, 0.3) is 0 Å². The van der Waals surface area contributed by atoms with Crippen LogP contribution in [0, 0.1) is 0 Å². The Bertz CT molecular complexity index is 205. The monoisotopic (exact) mass is 229 g/mol. The van der Waals surface area contributed by atoms with E-state index in [-0.39, 0.29) is 5.91 Å². The molecule has 1 saturated heterocycles. The van der Waals surface area contributed by atoms with E-state index in [0.29, 0.717) is 18.5 Å². The van der Waals surface area contributed by atoms with Crippen molar-refractivity contribution < 1.29 is 9.53 Å². The van der Waals surface area contributed by atoms with Crippen molar-refractivity contribution in [3.8, 4) is 0 Å². The van der Waals surface area contributed by atoms with E-state index >= 15 is 0 Å². The molecule has 5 nitrogen and oxygen atoms in total. The van der Waals surface area contributed by atoms with Gasteiger partial charge in [-0.1, -0.05) is 0 Å². The van der Waals surface area contributed by atoms with Crippen molar-refractivity contribution in [3.05, 3.63) is 0 Å². The third kappa shape index (κ3) is 5.44. The van der Waals surface area contributed by atoms with Crippen LogP contribution in [-0.2, 0) is 9.53 Å². The lowest BCUT2D eigenvalue weighted by molar-refractivity contribution is -0.120. The van der Waals surface area contributed by atoms with Crippen LogP contribution in [-0.4, -0.2) is 51.3 Å². The Labute approximate surface area is 97.3 Å². The predicted octanol–water partition coefficient (Wildman–Crippen LogP) is -0.521. The average Bonchev–Trinajstić information content (AvgIpc) is 2.30. The predicted molar refractivity (Wildman–Crippen MR) is 63.4 cm³/mol. The van der Waals surface area contributed by atoms with Gasteiger partial charge in [-0.25, -0.2) is 0 Å². The summed E-state index contributed by atoms with van der Waals surface area (Å²) >= 11 is 0. The maximum Gasteiger partial charge on any atom is 0.221 e. The number of amides is 1. The molecule has 0 aliphatic carbocycles. The fraction of sp³-hybridized carbons (Fsp3) is 0.909. The fourth-order valence-corrected chi connectivity index (χ4v) is 1.84. The summed E-state index contributed by atoms with van der Waals surface area (Å²) in [6.45, 7) is 5.42. The first kappa shape index (κ1) is 13.4. The second kappa shape index (κ2) is 7.60. The van der Waals surface area contributed by atoms with Crippen molar-refractivity contribution in [1.29, 1.82) is 0 Å². The van der Waals surface area contributed by atoms with Crippen LogP contribution >= 0.6 is 0 Å². The lowest BCUT2D eigenvalue weighted by Crippen LogP contribution is -2.45. The molecule has 1 aliphatic heterocycles. The Morgan fingerprint density at radius 2 is 2.44 bits per heavy atom. The van der Waals surface area contributed by atoms with Crippen LogP contribution in [0.1, 0.15) is 19.8 Å². The molecule has 0 radical (unpaired) electrons. The number of hydrogen-bond acceptors (Lipinski definition) is 4. The molecule has 1 aliphatic rings. The van der Waals surface area contributed by atoms with Gasteiger partial charge in [-0.15, -0.1) is 0 Å². The fourth-order valence-electron chi connectivity index (χ4n) is 1.84. The molecule has 3 N–H and O–H groups in total. The summed E-state index contributed by atoms with van der Waals surface area (Å²) in [4.78, 5) is 11.0. The van der Waals surface area contributed by atoms with Gasteiger partial charge in [0, 0.05) is 38.6 Å². The molecule has 1 rings (SSSR count). The van der Waals surface area contributed by atoms with E-state index in [1.807, 2.05) is 0 Å². The van der Waals surface area contributed by atoms with Crippen molar-refractivity contribution in [2.45, 2.75) is 31.8 Å². The van der Waals surface area contributed by atoms with Gasteiger partial charge >= 0.3 is 0 Å². The Hall–Kier alpha value is -0.650. The van der Waals surface area contributed by atoms with E-state index in [9.17, 15) is 4.79 Å². The Kier molecular flexibility index (Phi) is 6.37. The minimum atomic E-state index is 0.0822. The number of rotatable bonds is 6. The van der Waals surface area contributed by atoms with E-state index in [1.165, 1.54) is 0 Å². The van der Waals surface area contributed by atoms with Gasteiger partial charge in [-0.3, -0.25) is 4.79 Å². The molecule has 0 bridgehead atoms. The molecule has 2 atom stereocenters. The summed E-state index contributed by atoms with van der Waals surface area (Å²) in [5.41, 5.74) is 0. The molecule has 1 heterocycles. The van der Waals surface area contributed by atoms with E-state index < -0.39 is 0 Å². The molecular weight excluding hydrogens is 206 g/mol. The van der Waals surface area contributed by atoms with E-state index in [4.69, 9.17) is 4.74 Å². The van der Waals surface area contributed by atoms with Gasteiger partial charge in [-0.2, -0.15) is 0 Å². The van der Waals surface area contributed by atoms with Crippen LogP contribution in [0.3, 0.4) is 0 Å². The molecule has 16 heavy (non-hydrogen) atoms. The van der Waals surface area contributed by atoms with E-state index in [2.05, 4.69) is 22.9 Å². The first-order valence-electron chi connectivity index (χ1n) is 5.97. The zero-order valence-corrected chi connectivity index (χ0v) is 10.2. The number of hydrogen-bond donors (Lipinski definition) is 3. The highest BCUT2D eigenvalue weighted by atomic mass is 16.5. The van der Waals surface area contributed by atoms with E-state index in [1.54, 1.807) is 7.05 Å². The lowest BCUT2D eigenvalue weighted by Gasteiger charge is -2.26. The number of ether oxygens (including phenoxy) is 1. The second-order valence-electron chi connectivity index (χ2n) is 4.24. The van der Waals surface area contributed by atoms with Gasteiger partial charge in [0.1, 0.15) is 0 Å². The van der Waals surface area contributed by atoms with Crippen LogP contribution in [0.4, 0.5) is 0 Å². The average molecular weight is 229 g/mol. The van der Waals surface area contributed by atoms with Crippen molar-refractivity contribution in [2.24, 2.45) is 0 Å². The third-order valence-corrected chi connectivity index (χ3v) is 2.76. The van der Waals surface area contributed by atoms with E-state index in [0.717, 1.165) is 32.7 Å². The molecule has 1 fully saturated rings. The number of carbonyl (C=O) groups excluding carboxylic acids is 1. The molecule has 5 heteroatoms. The SMILES string of the molecule is CNC(=O)CCNC(C)CC1COCCN1. The standard InChI is InChI=1S/C11H23N3O2/c1-9(13-4-3-11(15)12-2)7-10-8-16-6-5-14-10/h9-10,13-14H,3-8H2,1-2H3,(H,12,15). The lowest BCUT2D eigenvalue weighted by atomic mass is 10.1. The van der Waals surface area contributed by atoms with Crippen LogP contribution in [0.25, 0.3) is 0 Å². The maximum absolute atomic E-state index is 11.0. The third-order valence-electron chi connectivity index (χ3n) is 2.76. The summed E-state index contributed by atoms with van der Waals surface area (Å²) in [5, 5.41) is 9.36. The Balaban J connectivity index is 2.05. The van der Waals surface area contributed by atoms with Gasteiger partial charge in [0.15, 0.2) is 0 Å². The zero-order valence-electron chi connectivity index (χ0n) is 10.2. The van der Waals surface area contributed by atoms with Crippen LogP contribution in [0.15, 0.2) is 0 Å². The highest BCUT2D eigenvalue weighted by molar-refractivity contribution is 5.75. The number of morpholine rings is 1. The quantitative estimate of drug-likeness (QED) is 0.573. The summed E-state index contributed by atoms with van der Waals surface area (Å²) < 4.78 is 5.39. The van der Waals surface area contributed by atoms with Crippen LogP contribution < -0.4 is 16.0 Å². The summed E-state index contributed by atoms with van der Waals surface area (Å²) in [6, 6.07) is 0.847. The molecule has 0 spiro atoms. The normalized spacial score (nSPS) is 22.8. The first-order valence-corrected chi connectivity index (χ1v) is 5.97. The summed E-state index contributed by atoms with van der Waals surface area (Å²) in [6.07, 6.45) is 1.57. The molecule has 0 saturated carbocycles. The molecule has 94 valence electrons. The second-order valence-corrected chi connectivity index (χ2v) is 4.24. The van der Waals surface area contributed by atoms with Gasteiger partial charge < -0.3 is 20.7 Å². The molecule has 2 unspecified atom stereocenters. The largest absolute Gasteiger partial charge is 0.379 e. The molecule has 0 aromatic carbocycles. The summed E-state index contributed by atoms with van der Waals surface area (Å²) in [7, 11) is 1.66. The maximum atomic E-state index is 11.0. The minimum absolute atomic E-state index is 0.0822. The van der Waals surface area contributed by atoms with Crippen molar-refractivity contribution in [2.75, 3.05) is 33.4 Å². The van der Waals surface area contributed by atoms with Crippen molar-refractivity contribution in [3.63, 3.8) is 0 Å². The minimum Gasteiger partial charge on any atom is -0.379 e. The van der Waals surface area contributed by atoms with Crippen molar-refractivity contribution >= 4 is 5.91 Å². The van der Waals surface area contributed by atoms with Gasteiger partial charge in [0.2, 0.25) is 5.91 Å². The number of carbonyl (C=O) groups is 1. The first-order chi connectivity index (χ1) is 7.72. The molecule has 0 aromatic rings. The molecular formula is C11H23N3O2. The highest BCUT2D eigenvalue weighted by Gasteiger charge is 2.15. The summed E-state index contributed by atoms with van der Waals surface area (Å²) in [5.74, 6) is 0.0822.